The second-order valence-corrected chi connectivity index (χ2v) is 6.64. The monoisotopic (exact) mass is 296 g/mol. The van der Waals surface area contributed by atoms with Gasteiger partial charge in [-0.15, -0.1) is 0 Å². The van der Waals surface area contributed by atoms with Crippen LogP contribution in [0.2, 0.25) is 0 Å². The Morgan fingerprint density at radius 2 is 1.95 bits per heavy atom. The summed E-state index contributed by atoms with van der Waals surface area (Å²) in [5.74, 6) is 0. The smallest absolute Gasteiger partial charge is 0.244 e. The van der Waals surface area contributed by atoms with Gasteiger partial charge in [-0.3, -0.25) is 0 Å². The Bertz CT molecular complexity index is 561. The van der Waals surface area contributed by atoms with E-state index in [2.05, 4.69) is 4.98 Å². The van der Waals surface area contributed by atoms with Crippen LogP contribution >= 0.6 is 0 Å². The number of likely N-dealkylation sites (N-methyl/N-ethyl adjacent to an activating group) is 1. The third kappa shape index (κ3) is 4.27. The zero-order valence-corrected chi connectivity index (χ0v) is 12.9. The van der Waals surface area contributed by atoms with Crippen LogP contribution in [0.25, 0.3) is 0 Å². The number of pyridine rings is 1. The summed E-state index contributed by atoms with van der Waals surface area (Å²) < 4.78 is 26.5. The molecule has 110 valence electrons. The van der Waals surface area contributed by atoms with Gasteiger partial charge in [-0.1, -0.05) is 6.92 Å². The maximum atomic E-state index is 12.5. The van der Waals surface area contributed by atoms with Crippen molar-refractivity contribution in [3.8, 4) is 6.07 Å². The topological polar surface area (TPSA) is 77.3 Å². The van der Waals surface area contributed by atoms with Gasteiger partial charge in [0.25, 0.3) is 0 Å². The van der Waals surface area contributed by atoms with Crippen LogP contribution in [0.1, 0.15) is 19.0 Å². The number of sulfonamides is 1. The molecule has 0 aromatic carbocycles. The molecule has 0 aliphatic rings. The van der Waals surface area contributed by atoms with E-state index >= 15 is 0 Å². The van der Waals surface area contributed by atoms with Gasteiger partial charge in [-0.25, -0.2) is 13.4 Å². The summed E-state index contributed by atoms with van der Waals surface area (Å²) in [5, 5.41) is 8.69. The highest BCUT2D eigenvalue weighted by molar-refractivity contribution is 7.89. The van der Waals surface area contributed by atoms with Crippen molar-refractivity contribution in [2.24, 2.45) is 0 Å². The summed E-state index contributed by atoms with van der Waals surface area (Å²) in [4.78, 5) is 5.89. The molecule has 0 saturated heterocycles. The summed E-state index contributed by atoms with van der Waals surface area (Å²) in [6.45, 7) is 3.50. The van der Waals surface area contributed by atoms with Crippen LogP contribution in [0.5, 0.6) is 0 Å². The second kappa shape index (κ2) is 7.33. The average Bonchev–Trinajstić information content (AvgIpc) is 2.43. The molecule has 0 fully saturated rings. The Morgan fingerprint density at radius 3 is 2.40 bits per heavy atom. The lowest BCUT2D eigenvalue weighted by molar-refractivity contribution is 0.333. The van der Waals surface area contributed by atoms with Gasteiger partial charge >= 0.3 is 0 Å². The molecule has 1 aromatic rings. The van der Waals surface area contributed by atoms with Crippen molar-refractivity contribution in [2.45, 2.75) is 18.2 Å². The van der Waals surface area contributed by atoms with Crippen molar-refractivity contribution in [3.63, 3.8) is 0 Å². The van der Waals surface area contributed by atoms with Gasteiger partial charge in [0, 0.05) is 25.8 Å². The van der Waals surface area contributed by atoms with E-state index in [1.165, 1.54) is 22.6 Å². The highest BCUT2D eigenvalue weighted by atomic mass is 32.2. The lowest BCUT2D eigenvalue weighted by Gasteiger charge is -2.23. The lowest BCUT2D eigenvalue weighted by atomic mass is 10.4. The van der Waals surface area contributed by atoms with E-state index in [-0.39, 0.29) is 10.6 Å². The molecule has 0 aliphatic heterocycles. The summed E-state index contributed by atoms with van der Waals surface area (Å²) in [7, 11) is 0.256. The first-order chi connectivity index (χ1) is 9.41. The molecule has 0 atom stereocenters. The van der Waals surface area contributed by atoms with E-state index in [0.717, 1.165) is 6.42 Å². The lowest BCUT2D eigenvalue weighted by Crippen LogP contribution is -2.37. The quantitative estimate of drug-likeness (QED) is 0.747. The first kappa shape index (κ1) is 16.6. The number of aromatic nitrogens is 1. The highest BCUT2D eigenvalue weighted by Crippen LogP contribution is 2.15. The fourth-order valence-corrected chi connectivity index (χ4v) is 3.13. The summed E-state index contributed by atoms with van der Waals surface area (Å²) in [5.41, 5.74) is 0.208. The predicted molar refractivity (Wildman–Crippen MR) is 76.6 cm³/mol. The molecule has 0 radical (unpaired) electrons. The Kier molecular flexibility index (Phi) is 6.07. The summed E-state index contributed by atoms with van der Waals surface area (Å²) in [6, 6.07) is 4.72. The number of hydrogen-bond donors (Lipinski definition) is 0. The van der Waals surface area contributed by atoms with E-state index in [0.29, 0.717) is 19.6 Å². The number of rotatable bonds is 7. The van der Waals surface area contributed by atoms with Gasteiger partial charge in [-0.2, -0.15) is 9.57 Å². The van der Waals surface area contributed by atoms with Crippen LogP contribution in [0.3, 0.4) is 0 Å². The second-order valence-electron chi connectivity index (χ2n) is 4.70. The van der Waals surface area contributed by atoms with Crippen molar-refractivity contribution >= 4 is 10.0 Å². The minimum atomic E-state index is -3.55. The molecular weight excluding hydrogens is 276 g/mol. The van der Waals surface area contributed by atoms with Crippen molar-refractivity contribution in [3.05, 3.63) is 24.0 Å². The van der Waals surface area contributed by atoms with E-state index in [1.807, 2.05) is 32.0 Å². The molecule has 0 spiro atoms. The Labute approximate surface area is 120 Å². The molecule has 6 nitrogen and oxygen atoms in total. The molecule has 0 saturated carbocycles. The van der Waals surface area contributed by atoms with Crippen molar-refractivity contribution < 1.29 is 8.42 Å². The highest BCUT2D eigenvalue weighted by Gasteiger charge is 2.23. The van der Waals surface area contributed by atoms with Gasteiger partial charge in [-0.05, 0) is 32.6 Å². The van der Waals surface area contributed by atoms with E-state index in [4.69, 9.17) is 5.26 Å². The van der Waals surface area contributed by atoms with Gasteiger partial charge < -0.3 is 4.90 Å². The minimum Gasteiger partial charge on any atom is -0.308 e. The van der Waals surface area contributed by atoms with Crippen LogP contribution < -0.4 is 0 Å². The van der Waals surface area contributed by atoms with Crippen molar-refractivity contribution in [1.29, 1.82) is 5.26 Å². The molecule has 20 heavy (non-hydrogen) atoms. The third-order valence-electron chi connectivity index (χ3n) is 2.76. The predicted octanol–water partition coefficient (Wildman–Crippen LogP) is 0.916. The van der Waals surface area contributed by atoms with E-state index in [1.54, 1.807) is 0 Å². The number of nitrogens with zero attached hydrogens (tertiary/aromatic N) is 4. The van der Waals surface area contributed by atoms with Gasteiger partial charge in [0.05, 0.1) is 0 Å². The van der Waals surface area contributed by atoms with Gasteiger partial charge in [0.2, 0.25) is 10.0 Å². The van der Waals surface area contributed by atoms with Crippen LogP contribution in [0, 0.1) is 11.3 Å². The molecule has 1 rings (SSSR count). The van der Waals surface area contributed by atoms with E-state index < -0.39 is 10.0 Å². The van der Waals surface area contributed by atoms with Crippen LogP contribution in [-0.2, 0) is 10.0 Å². The first-order valence-corrected chi connectivity index (χ1v) is 7.87. The molecule has 0 aliphatic carbocycles. The normalized spacial score (nSPS) is 11.8. The molecule has 1 heterocycles. The van der Waals surface area contributed by atoms with Crippen molar-refractivity contribution in [2.75, 3.05) is 33.7 Å². The Hall–Kier alpha value is -1.49. The van der Waals surface area contributed by atoms with Crippen LogP contribution in [-0.4, -0.2) is 56.3 Å². The molecule has 1 aromatic heterocycles. The SMILES string of the molecule is CCCN(CCN(C)C)S(=O)(=O)c1ccc(C#N)nc1. The Balaban J connectivity index is 2.99. The first-order valence-electron chi connectivity index (χ1n) is 6.43. The molecule has 7 heteroatoms. The fraction of sp³-hybridized carbons (Fsp3) is 0.538. The van der Waals surface area contributed by atoms with E-state index in [9.17, 15) is 8.42 Å². The zero-order chi connectivity index (χ0) is 15.2. The largest absolute Gasteiger partial charge is 0.308 e. The number of hydrogen-bond acceptors (Lipinski definition) is 5. The minimum absolute atomic E-state index is 0.128. The molecule has 0 unspecified atom stereocenters. The van der Waals surface area contributed by atoms with Crippen LogP contribution in [0.15, 0.2) is 23.2 Å². The molecule has 0 N–H and O–H groups in total. The standard InChI is InChI=1S/C13H20N4O2S/c1-4-7-17(9-8-16(2)3)20(18,19)13-6-5-12(10-14)15-11-13/h5-6,11H,4,7-9H2,1-3H3. The number of nitriles is 1. The Morgan fingerprint density at radius 1 is 1.25 bits per heavy atom. The average molecular weight is 296 g/mol. The molecular formula is C13H20N4O2S. The van der Waals surface area contributed by atoms with Gasteiger partial charge in [0.15, 0.2) is 0 Å². The fourth-order valence-electron chi connectivity index (χ4n) is 1.66. The van der Waals surface area contributed by atoms with Gasteiger partial charge in [0.1, 0.15) is 16.7 Å². The van der Waals surface area contributed by atoms with Crippen LogP contribution in [0.4, 0.5) is 0 Å². The zero-order valence-electron chi connectivity index (χ0n) is 12.1. The third-order valence-corrected chi connectivity index (χ3v) is 4.64. The maximum Gasteiger partial charge on any atom is 0.244 e. The van der Waals surface area contributed by atoms with Crippen molar-refractivity contribution in [1.82, 2.24) is 14.2 Å². The summed E-state index contributed by atoms with van der Waals surface area (Å²) >= 11 is 0. The molecule has 0 bridgehead atoms. The molecule has 0 amide bonds. The summed E-state index contributed by atoms with van der Waals surface area (Å²) in [6.07, 6.45) is 1.99. The maximum absolute atomic E-state index is 12.5.